The first-order valence-electron chi connectivity index (χ1n) is 8.76. The predicted molar refractivity (Wildman–Crippen MR) is 109 cm³/mol. The largest absolute Gasteiger partial charge is 0.489 e. The van der Waals surface area contributed by atoms with E-state index in [4.69, 9.17) is 33.3 Å². The third kappa shape index (κ3) is 5.95. The van der Waals surface area contributed by atoms with Gasteiger partial charge in [-0.15, -0.1) is 0 Å². The molecule has 0 saturated carbocycles. The molecule has 1 aliphatic rings. The Bertz CT molecular complexity index is 701. The number of nitrogens with one attached hydrogen (secondary N) is 1. The monoisotopic (exact) mass is 390 g/mol. The van der Waals surface area contributed by atoms with Gasteiger partial charge in [0.1, 0.15) is 17.3 Å². The Labute approximate surface area is 165 Å². The lowest BCUT2D eigenvalue weighted by Gasteiger charge is -2.26. The summed E-state index contributed by atoms with van der Waals surface area (Å²) < 4.78 is 11.2. The number of rotatable bonds is 7. The number of benzene rings is 2. The van der Waals surface area contributed by atoms with Crippen LogP contribution in [0.2, 0.25) is 5.02 Å². The van der Waals surface area contributed by atoms with Crippen LogP contribution in [0.3, 0.4) is 0 Å². The van der Waals surface area contributed by atoms with Crippen molar-refractivity contribution < 1.29 is 9.47 Å². The van der Waals surface area contributed by atoms with Gasteiger partial charge in [-0.1, -0.05) is 36.0 Å². The third-order valence-corrected chi connectivity index (χ3v) is 4.88. The van der Waals surface area contributed by atoms with Crippen molar-refractivity contribution in [3.05, 3.63) is 64.7 Å². The topological polar surface area (TPSA) is 33.7 Å². The van der Waals surface area contributed by atoms with Gasteiger partial charge in [0.25, 0.3) is 0 Å². The Morgan fingerprint density at radius 2 is 1.77 bits per heavy atom. The molecule has 0 bridgehead atoms. The fraction of sp³-hybridized carbons (Fsp3) is 0.350. The molecule has 138 valence electrons. The van der Waals surface area contributed by atoms with Gasteiger partial charge in [0.15, 0.2) is 0 Å². The quantitative estimate of drug-likeness (QED) is 0.731. The van der Waals surface area contributed by atoms with Crippen LogP contribution in [-0.4, -0.2) is 49.3 Å². The van der Waals surface area contributed by atoms with Crippen molar-refractivity contribution >= 4 is 28.8 Å². The van der Waals surface area contributed by atoms with Crippen LogP contribution < -0.4 is 10.1 Å². The zero-order chi connectivity index (χ0) is 18.2. The molecule has 4 nitrogen and oxygen atoms in total. The summed E-state index contributed by atoms with van der Waals surface area (Å²) in [5.74, 6) is 0.819. The van der Waals surface area contributed by atoms with Gasteiger partial charge >= 0.3 is 0 Å². The molecule has 1 N–H and O–H groups in total. The second-order valence-electron chi connectivity index (χ2n) is 6.15. The molecule has 1 heterocycles. The number of thiocarbonyl (C=S) groups is 1. The molecule has 2 aromatic carbocycles. The maximum absolute atomic E-state index is 5.89. The Morgan fingerprint density at radius 1 is 1.08 bits per heavy atom. The van der Waals surface area contributed by atoms with Crippen LogP contribution >= 0.6 is 23.8 Å². The minimum Gasteiger partial charge on any atom is -0.489 e. The molecule has 1 saturated heterocycles. The molecular weight excluding hydrogens is 368 g/mol. The molecule has 1 fully saturated rings. The zero-order valence-corrected chi connectivity index (χ0v) is 16.2. The summed E-state index contributed by atoms with van der Waals surface area (Å²) >= 11 is 11.4. The van der Waals surface area contributed by atoms with E-state index in [1.165, 1.54) is 0 Å². The van der Waals surface area contributed by atoms with E-state index in [2.05, 4.69) is 10.2 Å². The van der Waals surface area contributed by atoms with E-state index >= 15 is 0 Å². The van der Waals surface area contributed by atoms with E-state index in [-0.39, 0.29) is 0 Å². The number of halogens is 1. The lowest BCUT2D eigenvalue weighted by Crippen LogP contribution is -2.41. The van der Waals surface area contributed by atoms with Crippen LogP contribution in [0.5, 0.6) is 5.75 Å². The van der Waals surface area contributed by atoms with Crippen molar-refractivity contribution in [3.8, 4) is 5.75 Å². The molecule has 0 aromatic heterocycles. The fourth-order valence-corrected chi connectivity index (χ4v) is 3.07. The standard InChI is InChI=1S/C20H23ClN2O2S/c21-18-5-1-16(2-6-18)15-25-19-7-3-17(4-8-19)20(26)22-9-10-23-11-13-24-14-12-23/h1-8H,9-15H2,(H,22,26). The SMILES string of the molecule is S=C(NCCN1CCOCC1)c1ccc(OCc2ccc(Cl)cc2)cc1. The van der Waals surface area contributed by atoms with Gasteiger partial charge in [0, 0.05) is 36.8 Å². The highest BCUT2D eigenvalue weighted by Crippen LogP contribution is 2.16. The molecule has 2 aromatic rings. The summed E-state index contributed by atoms with van der Waals surface area (Å²) in [6.45, 7) is 5.96. The van der Waals surface area contributed by atoms with Gasteiger partial charge in [-0.25, -0.2) is 0 Å². The first-order chi connectivity index (χ1) is 12.7. The van der Waals surface area contributed by atoms with Crippen LogP contribution in [0.25, 0.3) is 0 Å². The van der Waals surface area contributed by atoms with E-state index in [9.17, 15) is 0 Å². The normalized spacial score (nSPS) is 14.8. The van der Waals surface area contributed by atoms with Crippen molar-refractivity contribution in [2.75, 3.05) is 39.4 Å². The fourth-order valence-electron chi connectivity index (χ4n) is 2.70. The van der Waals surface area contributed by atoms with Gasteiger partial charge in [-0.05, 0) is 42.0 Å². The Morgan fingerprint density at radius 3 is 2.46 bits per heavy atom. The van der Waals surface area contributed by atoms with E-state index in [1.54, 1.807) is 0 Å². The molecule has 1 aliphatic heterocycles. The average Bonchev–Trinajstić information content (AvgIpc) is 2.69. The molecule has 0 spiro atoms. The van der Waals surface area contributed by atoms with Gasteiger partial charge < -0.3 is 14.8 Å². The number of hydrogen-bond acceptors (Lipinski definition) is 4. The summed E-state index contributed by atoms with van der Waals surface area (Å²) in [4.78, 5) is 3.15. The van der Waals surface area contributed by atoms with E-state index in [1.807, 2.05) is 48.5 Å². The van der Waals surface area contributed by atoms with Crippen molar-refractivity contribution in [3.63, 3.8) is 0 Å². The summed E-state index contributed by atoms with van der Waals surface area (Å²) in [6, 6.07) is 15.5. The highest BCUT2D eigenvalue weighted by Gasteiger charge is 2.10. The van der Waals surface area contributed by atoms with Gasteiger partial charge in [0.05, 0.1) is 13.2 Å². The maximum atomic E-state index is 5.89. The third-order valence-electron chi connectivity index (χ3n) is 4.25. The minimum absolute atomic E-state index is 0.513. The van der Waals surface area contributed by atoms with E-state index in [0.29, 0.717) is 6.61 Å². The second kappa shape index (κ2) is 9.88. The summed E-state index contributed by atoms with van der Waals surface area (Å²) in [5.41, 5.74) is 2.08. The first kappa shape index (κ1) is 19.1. The average molecular weight is 391 g/mol. The Balaban J connectivity index is 1.42. The molecule has 3 rings (SSSR count). The molecule has 0 aliphatic carbocycles. The van der Waals surface area contributed by atoms with Gasteiger partial charge in [-0.3, -0.25) is 4.90 Å². The molecule has 0 radical (unpaired) electrons. The van der Waals surface area contributed by atoms with Crippen molar-refractivity contribution in [1.29, 1.82) is 0 Å². The molecule has 0 unspecified atom stereocenters. The number of ether oxygens (including phenoxy) is 2. The number of nitrogens with zero attached hydrogens (tertiary/aromatic N) is 1. The van der Waals surface area contributed by atoms with Crippen molar-refractivity contribution in [2.24, 2.45) is 0 Å². The lowest BCUT2D eigenvalue weighted by molar-refractivity contribution is 0.0389. The molecular formula is C20H23ClN2O2S. The van der Waals surface area contributed by atoms with Gasteiger partial charge in [0.2, 0.25) is 0 Å². The Hall–Kier alpha value is -1.66. The minimum atomic E-state index is 0.513. The lowest BCUT2D eigenvalue weighted by atomic mass is 10.2. The van der Waals surface area contributed by atoms with Gasteiger partial charge in [-0.2, -0.15) is 0 Å². The second-order valence-corrected chi connectivity index (χ2v) is 6.99. The summed E-state index contributed by atoms with van der Waals surface area (Å²) in [6.07, 6.45) is 0. The molecule has 26 heavy (non-hydrogen) atoms. The first-order valence-corrected chi connectivity index (χ1v) is 9.55. The highest BCUT2D eigenvalue weighted by molar-refractivity contribution is 7.80. The van der Waals surface area contributed by atoms with E-state index in [0.717, 1.165) is 66.3 Å². The van der Waals surface area contributed by atoms with Crippen LogP contribution in [0.4, 0.5) is 0 Å². The summed E-state index contributed by atoms with van der Waals surface area (Å²) in [7, 11) is 0. The highest BCUT2D eigenvalue weighted by atomic mass is 35.5. The zero-order valence-electron chi connectivity index (χ0n) is 14.6. The van der Waals surface area contributed by atoms with Crippen LogP contribution in [0.1, 0.15) is 11.1 Å². The summed E-state index contributed by atoms with van der Waals surface area (Å²) in [5, 5.41) is 4.05. The van der Waals surface area contributed by atoms with E-state index < -0.39 is 0 Å². The molecule has 0 atom stereocenters. The molecule has 6 heteroatoms. The predicted octanol–water partition coefficient (Wildman–Crippen LogP) is 3.52. The van der Waals surface area contributed by atoms with Crippen molar-refractivity contribution in [1.82, 2.24) is 10.2 Å². The Kier molecular flexibility index (Phi) is 7.26. The van der Waals surface area contributed by atoms with Crippen LogP contribution in [0, 0.1) is 0 Å². The molecule has 0 amide bonds. The van der Waals surface area contributed by atoms with Crippen molar-refractivity contribution in [2.45, 2.75) is 6.61 Å². The smallest absolute Gasteiger partial charge is 0.119 e. The number of morpholine rings is 1. The van der Waals surface area contributed by atoms with Crippen LogP contribution in [-0.2, 0) is 11.3 Å². The maximum Gasteiger partial charge on any atom is 0.119 e. The van der Waals surface area contributed by atoms with Crippen LogP contribution in [0.15, 0.2) is 48.5 Å². The number of hydrogen-bond donors (Lipinski definition) is 1.